The van der Waals surface area contributed by atoms with Crippen molar-refractivity contribution in [2.75, 3.05) is 18.1 Å². The SMILES string of the molecule is CCCCCCc1ccc(N2C(=O)CC[C@@H]2CCCc2ccc(C(=O)OC[C@H](O)[C@@H](O)[C@@H](O)[C@H](O)CO)s2)cc1. The van der Waals surface area contributed by atoms with Crippen LogP contribution in [0.3, 0.4) is 0 Å². The summed E-state index contributed by atoms with van der Waals surface area (Å²) in [6.45, 7) is 0.846. The minimum Gasteiger partial charge on any atom is -0.459 e. The Morgan fingerprint density at radius 2 is 1.70 bits per heavy atom. The van der Waals surface area contributed by atoms with Crippen molar-refractivity contribution in [1.82, 2.24) is 0 Å². The second-order valence-electron chi connectivity index (χ2n) is 10.5. The molecule has 1 amide bonds. The number of benzene rings is 1. The van der Waals surface area contributed by atoms with Crippen molar-refractivity contribution in [2.45, 2.75) is 102 Å². The maximum Gasteiger partial charge on any atom is 0.348 e. The van der Waals surface area contributed by atoms with Gasteiger partial charge in [-0.05, 0) is 68.4 Å². The van der Waals surface area contributed by atoms with Gasteiger partial charge in [0.2, 0.25) is 5.91 Å². The molecule has 0 spiro atoms. The van der Waals surface area contributed by atoms with Gasteiger partial charge >= 0.3 is 5.97 Å². The Balaban J connectivity index is 1.45. The molecule has 0 unspecified atom stereocenters. The largest absolute Gasteiger partial charge is 0.459 e. The number of hydrogen-bond acceptors (Lipinski definition) is 9. The predicted molar refractivity (Wildman–Crippen MR) is 153 cm³/mol. The van der Waals surface area contributed by atoms with Gasteiger partial charge in [-0.25, -0.2) is 4.79 Å². The molecule has 3 rings (SSSR count). The van der Waals surface area contributed by atoms with Crippen molar-refractivity contribution >= 4 is 28.9 Å². The van der Waals surface area contributed by atoms with E-state index in [0.29, 0.717) is 11.3 Å². The van der Waals surface area contributed by atoms with E-state index in [-0.39, 0.29) is 11.9 Å². The lowest BCUT2D eigenvalue weighted by Gasteiger charge is -2.25. The number of amides is 1. The highest BCUT2D eigenvalue weighted by Crippen LogP contribution is 2.30. The maximum atomic E-state index is 12.7. The van der Waals surface area contributed by atoms with Gasteiger partial charge in [0.25, 0.3) is 0 Å². The van der Waals surface area contributed by atoms with Gasteiger partial charge in [-0.1, -0.05) is 38.3 Å². The number of ether oxygens (including phenoxy) is 1. The molecular weight excluding hydrogens is 534 g/mol. The maximum absolute atomic E-state index is 12.7. The van der Waals surface area contributed by atoms with E-state index in [1.807, 2.05) is 11.0 Å². The summed E-state index contributed by atoms with van der Waals surface area (Å²) in [6.07, 6.45) is 3.01. The first-order valence-corrected chi connectivity index (χ1v) is 15.1. The molecule has 5 N–H and O–H groups in total. The summed E-state index contributed by atoms with van der Waals surface area (Å²) >= 11 is 1.29. The lowest BCUT2D eigenvalue weighted by Crippen LogP contribution is -2.47. The molecule has 0 radical (unpaired) electrons. The highest BCUT2D eigenvalue weighted by Gasteiger charge is 2.32. The molecule has 0 aliphatic carbocycles. The lowest BCUT2D eigenvalue weighted by atomic mass is 10.0. The monoisotopic (exact) mass is 577 g/mol. The number of nitrogens with zero attached hydrogens (tertiary/aromatic N) is 1. The third kappa shape index (κ3) is 9.09. The van der Waals surface area contributed by atoms with Crippen molar-refractivity contribution in [3.63, 3.8) is 0 Å². The van der Waals surface area contributed by atoms with Gasteiger partial charge in [0.1, 0.15) is 35.9 Å². The Labute approximate surface area is 240 Å². The second-order valence-corrected chi connectivity index (χ2v) is 11.7. The topological polar surface area (TPSA) is 148 Å². The predicted octanol–water partition coefficient (Wildman–Crippen LogP) is 2.98. The molecule has 40 heavy (non-hydrogen) atoms. The van der Waals surface area contributed by atoms with Crippen LogP contribution in [0.25, 0.3) is 0 Å². The number of aliphatic hydroxyl groups is 5. The average molecular weight is 578 g/mol. The van der Waals surface area contributed by atoms with Crippen molar-refractivity contribution in [3.05, 3.63) is 51.7 Å². The molecule has 1 aromatic heterocycles. The molecule has 5 atom stereocenters. The van der Waals surface area contributed by atoms with Crippen LogP contribution in [0, 0.1) is 0 Å². The molecule has 1 saturated heterocycles. The number of rotatable bonds is 17. The number of anilines is 1. The van der Waals surface area contributed by atoms with E-state index >= 15 is 0 Å². The molecule has 2 heterocycles. The van der Waals surface area contributed by atoms with Crippen molar-refractivity contribution in [3.8, 4) is 0 Å². The third-order valence-electron chi connectivity index (χ3n) is 7.39. The first-order valence-electron chi connectivity index (χ1n) is 14.2. The molecule has 1 aromatic carbocycles. The highest BCUT2D eigenvalue weighted by atomic mass is 32.1. The van der Waals surface area contributed by atoms with E-state index in [2.05, 4.69) is 31.2 Å². The van der Waals surface area contributed by atoms with E-state index in [1.165, 1.54) is 42.6 Å². The third-order valence-corrected chi connectivity index (χ3v) is 8.52. The summed E-state index contributed by atoms with van der Waals surface area (Å²) in [5, 5.41) is 47.7. The van der Waals surface area contributed by atoms with Crippen molar-refractivity contribution in [1.29, 1.82) is 0 Å². The Kier molecular flexibility index (Phi) is 13.0. The Hall–Kier alpha value is -2.34. The van der Waals surface area contributed by atoms with Crippen LogP contribution in [-0.2, 0) is 22.4 Å². The molecule has 0 saturated carbocycles. The first-order chi connectivity index (χ1) is 19.2. The van der Waals surface area contributed by atoms with Gasteiger partial charge in [-0.2, -0.15) is 0 Å². The van der Waals surface area contributed by atoms with Crippen LogP contribution < -0.4 is 4.90 Å². The normalized spacial score (nSPS) is 18.5. The van der Waals surface area contributed by atoms with Crippen LogP contribution in [-0.4, -0.2) is 81.1 Å². The van der Waals surface area contributed by atoms with Gasteiger partial charge in [0.15, 0.2) is 0 Å². The standard InChI is InChI=1S/C30H43NO8S/c1-2-3-4-5-7-20-10-12-22(13-11-20)31-21(14-17-27(31)35)8-6-9-23-15-16-26(40-23)30(38)39-19-25(34)29(37)28(36)24(33)18-32/h10-13,15-16,21,24-25,28-29,32-34,36-37H,2-9,14,17-19H2,1H3/t21-,24+,25-,28-,29+/m0/s1. The molecule has 10 heteroatoms. The van der Waals surface area contributed by atoms with Gasteiger partial charge in [-0.3, -0.25) is 4.79 Å². The minimum atomic E-state index is -1.79. The van der Waals surface area contributed by atoms with E-state index in [0.717, 1.165) is 42.7 Å². The number of unbranched alkanes of at least 4 members (excludes halogenated alkanes) is 3. The van der Waals surface area contributed by atoms with E-state index in [9.17, 15) is 30.0 Å². The molecule has 1 fully saturated rings. The Bertz CT molecular complexity index is 1060. The van der Waals surface area contributed by atoms with Crippen LogP contribution >= 0.6 is 11.3 Å². The number of carbonyl (C=O) groups excluding carboxylic acids is 2. The van der Waals surface area contributed by atoms with Crippen LogP contribution in [0.2, 0.25) is 0 Å². The molecule has 1 aliphatic rings. The van der Waals surface area contributed by atoms with Crippen LogP contribution in [0.5, 0.6) is 0 Å². The molecule has 0 bridgehead atoms. The second kappa shape index (κ2) is 16.2. The van der Waals surface area contributed by atoms with E-state index in [4.69, 9.17) is 9.84 Å². The van der Waals surface area contributed by atoms with Crippen LogP contribution in [0.15, 0.2) is 36.4 Å². The van der Waals surface area contributed by atoms with Gasteiger partial charge in [-0.15, -0.1) is 11.3 Å². The number of aryl methyl sites for hydroxylation is 2. The molecule has 9 nitrogen and oxygen atoms in total. The lowest BCUT2D eigenvalue weighted by molar-refractivity contribution is -0.124. The summed E-state index contributed by atoms with van der Waals surface area (Å²) < 4.78 is 5.05. The molecule has 1 aliphatic heterocycles. The molecule has 222 valence electrons. The van der Waals surface area contributed by atoms with Crippen molar-refractivity contribution in [2.24, 2.45) is 0 Å². The summed E-state index contributed by atoms with van der Waals surface area (Å²) in [5.74, 6) is -0.506. The van der Waals surface area contributed by atoms with Gasteiger partial charge in [0, 0.05) is 23.0 Å². The number of aliphatic hydroxyl groups excluding tert-OH is 5. The fraction of sp³-hybridized carbons (Fsp3) is 0.600. The van der Waals surface area contributed by atoms with Crippen molar-refractivity contribution < 1.29 is 39.9 Å². The number of hydrogen-bond donors (Lipinski definition) is 5. The number of thiophene rings is 1. The summed E-state index contributed by atoms with van der Waals surface area (Å²) in [5.41, 5.74) is 2.26. The zero-order valence-corrected chi connectivity index (χ0v) is 24.0. The molecule has 2 aromatic rings. The quantitative estimate of drug-likeness (QED) is 0.142. The minimum absolute atomic E-state index is 0.153. The Morgan fingerprint density at radius 3 is 2.40 bits per heavy atom. The van der Waals surface area contributed by atoms with Gasteiger partial charge in [0.05, 0.1) is 6.61 Å². The van der Waals surface area contributed by atoms with Crippen LogP contribution in [0.4, 0.5) is 5.69 Å². The zero-order chi connectivity index (χ0) is 29.1. The Morgan fingerprint density at radius 1 is 0.975 bits per heavy atom. The zero-order valence-electron chi connectivity index (χ0n) is 23.2. The number of esters is 1. The van der Waals surface area contributed by atoms with Gasteiger partial charge < -0.3 is 35.2 Å². The summed E-state index contributed by atoms with van der Waals surface area (Å²) in [7, 11) is 0. The average Bonchev–Trinajstić information content (AvgIpc) is 3.59. The smallest absolute Gasteiger partial charge is 0.348 e. The number of carbonyl (C=O) groups is 2. The fourth-order valence-corrected chi connectivity index (χ4v) is 5.92. The van der Waals surface area contributed by atoms with E-state index < -0.39 is 43.6 Å². The first kappa shape index (κ1) is 32.2. The van der Waals surface area contributed by atoms with Crippen LogP contribution in [0.1, 0.15) is 78.4 Å². The summed E-state index contributed by atoms with van der Waals surface area (Å²) in [6, 6.07) is 12.0. The van der Waals surface area contributed by atoms with E-state index in [1.54, 1.807) is 6.07 Å². The fourth-order valence-electron chi connectivity index (χ4n) is 4.98. The molecular formula is C30H43NO8S. The summed E-state index contributed by atoms with van der Waals surface area (Å²) in [4.78, 5) is 28.3. The highest BCUT2D eigenvalue weighted by molar-refractivity contribution is 7.13.